The molecule has 0 spiro atoms. The lowest BCUT2D eigenvalue weighted by Crippen LogP contribution is -2.31. The normalized spacial score (nSPS) is 16.4. The van der Waals surface area contributed by atoms with Gasteiger partial charge in [0.15, 0.2) is 0 Å². The summed E-state index contributed by atoms with van der Waals surface area (Å²) in [5.41, 5.74) is 2.44. The first kappa shape index (κ1) is 12.9. The van der Waals surface area contributed by atoms with Crippen molar-refractivity contribution >= 4 is 0 Å². The second-order valence-electron chi connectivity index (χ2n) is 5.24. The summed E-state index contributed by atoms with van der Waals surface area (Å²) in [6.45, 7) is 0. The summed E-state index contributed by atoms with van der Waals surface area (Å²) in [4.78, 5) is 0. The Hall–Kier alpha value is -2.06. The summed E-state index contributed by atoms with van der Waals surface area (Å²) >= 11 is 0. The zero-order valence-corrected chi connectivity index (χ0v) is 11.4. The van der Waals surface area contributed by atoms with Crippen LogP contribution in [0.4, 0.5) is 0 Å². The van der Waals surface area contributed by atoms with Crippen molar-refractivity contribution in [3.63, 3.8) is 0 Å². The lowest BCUT2D eigenvalue weighted by atomic mass is 9.97. The number of phenolic OH excluding ortho intramolecular Hbond substituents is 1. The molecule has 1 aliphatic rings. The zero-order valence-electron chi connectivity index (χ0n) is 11.4. The van der Waals surface area contributed by atoms with Gasteiger partial charge in [-0.2, -0.15) is 0 Å². The number of hydrogen-bond acceptors (Lipinski definition) is 2. The molecule has 0 radical (unpaired) electrons. The molecule has 102 valence electrons. The van der Waals surface area contributed by atoms with Crippen molar-refractivity contribution < 1.29 is 5.11 Å². The fourth-order valence-corrected chi connectivity index (χ4v) is 2.69. The Morgan fingerprint density at radius 3 is 2.10 bits per heavy atom. The number of aromatic hydroxyl groups is 1. The third kappa shape index (κ3) is 2.91. The Morgan fingerprint density at radius 2 is 1.45 bits per heavy atom. The highest BCUT2D eigenvalue weighted by molar-refractivity contribution is 5.35. The predicted octanol–water partition coefficient (Wildman–Crippen LogP) is 3.79. The summed E-state index contributed by atoms with van der Waals surface area (Å²) in [7, 11) is 0. The first-order valence-corrected chi connectivity index (χ1v) is 7.08. The molecule has 2 nitrogen and oxygen atoms in total. The monoisotopic (exact) mass is 265 g/mol. The van der Waals surface area contributed by atoms with Gasteiger partial charge < -0.3 is 10.4 Å². The first-order chi connectivity index (χ1) is 9.83. The van der Waals surface area contributed by atoms with E-state index in [0.29, 0.717) is 11.8 Å². The van der Waals surface area contributed by atoms with E-state index in [0.717, 1.165) is 12.8 Å². The SMILES string of the molecule is Oc1ccc(C(NC2CC=CC2)c2ccccc2)cc1. The van der Waals surface area contributed by atoms with Crippen LogP contribution >= 0.6 is 0 Å². The van der Waals surface area contributed by atoms with Gasteiger partial charge in [-0.3, -0.25) is 0 Å². The van der Waals surface area contributed by atoms with Crippen molar-refractivity contribution in [1.29, 1.82) is 0 Å². The van der Waals surface area contributed by atoms with Crippen LogP contribution in [0, 0.1) is 0 Å². The summed E-state index contributed by atoms with van der Waals surface area (Å²) in [6, 6.07) is 18.6. The van der Waals surface area contributed by atoms with Gasteiger partial charge in [0, 0.05) is 6.04 Å². The van der Waals surface area contributed by atoms with Gasteiger partial charge in [0.1, 0.15) is 5.75 Å². The van der Waals surface area contributed by atoms with Gasteiger partial charge in [-0.1, -0.05) is 54.6 Å². The Kier molecular flexibility index (Phi) is 3.84. The van der Waals surface area contributed by atoms with Crippen molar-refractivity contribution in [1.82, 2.24) is 5.32 Å². The number of nitrogens with one attached hydrogen (secondary N) is 1. The molecular formula is C18H19NO. The fourth-order valence-electron chi connectivity index (χ4n) is 2.69. The number of rotatable bonds is 4. The lowest BCUT2D eigenvalue weighted by Gasteiger charge is -2.24. The van der Waals surface area contributed by atoms with Crippen LogP contribution in [0.15, 0.2) is 66.7 Å². The second-order valence-corrected chi connectivity index (χ2v) is 5.24. The van der Waals surface area contributed by atoms with Gasteiger partial charge in [0.05, 0.1) is 6.04 Å². The third-order valence-electron chi connectivity index (χ3n) is 3.77. The summed E-state index contributed by atoms with van der Waals surface area (Å²) in [6.07, 6.45) is 6.63. The van der Waals surface area contributed by atoms with Gasteiger partial charge in [-0.05, 0) is 36.1 Å². The molecule has 0 aromatic heterocycles. The molecule has 0 fully saturated rings. The van der Waals surface area contributed by atoms with Crippen LogP contribution in [0.1, 0.15) is 30.0 Å². The van der Waals surface area contributed by atoms with Crippen molar-refractivity contribution in [2.45, 2.75) is 24.9 Å². The maximum absolute atomic E-state index is 9.46. The molecule has 2 N–H and O–H groups in total. The molecule has 2 aromatic rings. The van der Waals surface area contributed by atoms with Crippen LogP contribution in [-0.4, -0.2) is 11.1 Å². The molecule has 2 heteroatoms. The van der Waals surface area contributed by atoms with E-state index in [1.54, 1.807) is 12.1 Å². The van der Waals surface area contributed by atoms with E-state index >= 15 is 0 Å². The average molecular weight is 265 g/mol. The van der Waals surface area contributed by atoms with Gasteiger partial charge in [-0.25, -0.2) is 0 Å². The van der Waals surface area contributed by atoms with E-state index in [1.807, 2.05) is 18.2 Å². The molecule has 0 amide bonds. The molecule has 0 saturated carbocycles. The number of phenols is 1. The maximum atomic E-state index is 9.46. The lowest BCUT2D eigenvalue weighted by molar-refractivity contribution is 0.472. The topological polar surface area (TPSA) is 32.3 Å². The molecule has 0 bridgehead atoms. The smallest absolute Gasteiger partial charge is 0.115 e. The fraction of sp³-hybridized carbons (Fsp3) is 0.222. The number of benzene rings is 2. The van der Waals surface area contributed by atoms with Crippen LogP contribution in [0.5, 0.6) is 5.75 Å². The molecule has 0 aliphatic heterocycles. The highest BCUT2D eigenvalue weighted by atomic mass is 16.3. The van der Waals surface area contributed by atoms with Crippen LogP contribution in [0.25, 0.3) is 0 Å². The highest BCUT2D eigenvalue weighted by Crippen LogP contribution is 2.26. The molecule has 3 rings (SSSR count). The zero-order chi connectivity index (χ0) is 13.8. The number of hydrogen-bond donors (Lipinski definition) is 2. The van der Waals surface area contributed by atoms with Crippen molar-refractivity contribution in [2.24, 2.45) is 0 Å². The molecule has 1 aliphatic carbocycles. The van der Waals surface area contributed by atoms with E-state index in [2.05, 4.69) is 41.7 Å². The second kappa shape index (κ2) is 5.93. The maximum Gasteiger partial charge on any atom is 0.115 e. The van der Waals surface area contributed by atoms with Gasteiger partial charge in [0.25, 0.3) is 0 Å². The molecule has 20 heavy (non-hydrogen) atoms. The third-order valence-corrected chi connectivity index (χ3v) is 3.77. The van der Waals surface area contributed by atoms with Crippen molar-refractivity contribution in [3.8, 4) is 5.75 Å². The highest BCUT2D eigenvalue weighted by Gasteiger charge is 2.19. The van der Waals surface area contributed by atoms with Crippen LogP contribution in [0.2, 0.25) is 0 Å². The first-order valence-electron chi connectivity index (χ1n) is 7.08. The van der Waals surface area contributed by atoms with Crippen molar-refractivity contribution in [2.75, 3.05) is 0 Å². The summed E-state index contributed by atoms with van der Waals surface area (Å²) < 4.78 is 0. The predicted molar refractivity (Wildman–Crippen MR) is 81.7 cm³/mol. The van der Waals surface area contributed by atoms with E-state index in [-0.39, 0.29) is 6.04 Å². The molecule has 2 aromatic carbocycles. The van der Waals surface area contributed by atoms with Gasteiger partial charge in [0.2, 0.25) is 0 Å². The van der Waals surface area contributed by atoms with E-state index in [4.69, 9.17) is 0 Å². The van der Waals surface area contributed by atoms with Crippen LogP contribution < -0.4 is 5.32 Å². The Morgan fingerprint density at radius 1 is 0.850 bits per heavy atom. The standard InChI is InChI=1S/C18H19NO/c20-17-12-10-15(11-13-17)18(14-6-2-1-3-7-14)19-16-8-4-5-9-16/h1-7,10-13,16,18-20H,8-9H2. The van der Waals surface area contributed by atoms with Crippen LogP contribution in [-0.2, 0) is 0 Å². The minimum absolute atomic E-state index is 0.168. The Labute approximate surface area is 119 Å². The van der Waals surface area contributed by atoms with Crippen LogP contribution in [0.3, 0.4) is 0 Å². The van der Waals surface area contributed by atoms with Crippen molar-refractivity contribution in [3.05, 3.63) is 77.9 Å². The van der Waals surface area contributed by atoms with E-state index in [9.17, 15) is 5.11 Å². The molecule has 1 unspecified atom stereocenters. The Bertz CT molecular complexity index is 566. The Balaban J connectivity index is 1.88. The summed E-state index contributed by atoms with van der Waals surface area (Å²) in [5.74, 6) is 0.308. The summed E-state index contributed by atoms with van der Waals surface area (Å²) in [5, 5.41) is 13.2. The molecular weight excluding hydrogens is 246 g/mol. The largest absolute Gasteiger partial charge is 0.508 e. The van der Waals surface area contributed by atoms with E-state index in [1.165, 1.54) is 11.1 Å². The van der Waals surface area contributed by atoms with E-state index < -0.39 is 0 Å². The average Bonchev–Trinajstić information content (AvgIpc) is 3.00. The molecule has 1 atom stereocenters. The van der Waals surface area contributed by atoms with Gasteiger partial charge >= 0.3 is 0 Å². The molecule has 0 heterocycles. The van der Waals surface area contributed by atoms with Gasteiger partial charge in [-0.15, -0.1) is 0 Å². The molecule has 0 saturated heterocycles. The minimum Gasteiger partial charge on any atom is -0.508 e. The minimum atomic E-state index is 0.168. The quantitative estimate of drug-likeness (QED) is 0.824.